The maximum atomic E-state index is 12.5. The van der Waals surface area contributed by atoms with E-state index in [4.69, 9.17) is 0 Å². The van der Waals surface area contributed by atoms with E-state index in [0.29, 0.717) is 16.8 Å². The van der Waals surface area contributed by atoms with Crippen LogP contribution in [0.25, 0.3) is 0 Å². The van der Waals surface area contributed by atoms with E-state index < -0.39 is 0 Å². The molecule has 0 bridgehead atoms. The average molecular weight is 311 g/mol. The lowest BCUT2D eigenvalue weighted by atomic mass is 10.1. The van der Waals surface area contributed by atoms with Gasteiger partial charge in [0, 0.05) is 36.7 Å². The first-order valence-corrected chi connectivity index (χ1v) is 7.49. The number of hydrogen-bond acceptors (Lipinski definition) is 3. The molecule has 0 aliphatic rings. The van der Waals surface area contributed by atoms with Crippen LogP contribution in [-0.4, -0.2) is 34.8 Å². The Morgan fingerprint density at radius 2 is 1.96 bits per heavy atom. The van der Waals surface area contributed by atoms with Gasteiger partial charge in [-0.15, -0.1) is 0 Å². The predicted octanol–water partition coefficient (Wildman–Crippen LogP) is 3.12. The summed E-state index contributed by atoms with van der Waals surface area (Å²) in [5.41, 5.74) is 2.53. The van der Waals surface area contributed by atoms with Gasteiger partial charge in [0.15, 0.2) is 0 Å². The molecule has 0 unspecified atom stereocenters. The lowest BCUT2D eigenvalue weighted by Crippen LogP contribution is -2.33. The van der Waals surface area contributed by atoms with Gasteiger partial charge in [-0.25, -0.2) is 0 Å². The van der Waals surface area contributed by atoms with Crippen LogP contribution in [0.3, 0.4) is 0 Å². The molecule has 0 saturated heterocycles. The van der Waals surface area contributed by atoms with Gasteiger partial charge in [-0.1, -0.05) is 6.07 Å². The topological polar surface area (TPSA) is 62.3 Å². The number of carbonyl (C=O) groups excluding carboxylic acids is 2. The summed E-state index contributed by atoms with van der Waals surface area (Å²) < 4.78 is 0. The largest absolute Gasteiger partial charge is 0.339 e. The third-order valence-electron chi connectivity index (χ3n) is 3.74. The number of anilines is 1. The molecule has 0 spiro atoms. The minimum atomic E-state index is -0.252. The van der Waals surface area contributed by atoms with Crippen molar-refractivity contribution < 1.29 is 9.59 Å². The van der Waals surface area contributed by atoms with E-state index in [9.17, 15) is 9.59 Å². The molecule has 0 aliphatic carbocycles. The molecule has 0 saturated carbocycles. The molecule has 1 N–H and O–H groups in total. The highest BCUT2D eigenvalue weighted by atomic mass is 16.2. The summed E-state index contributed by atoms with van der Waals surface area (Å²) in [6.45, 7) is 5.80. The van der Waals surface area contributed by atoms with Crippen LogP contribution in [0.1, 0.15) is 40.1 Å². The number of nitrogens with zero attached hydrogens (tertiary/aromatic N) is 2. The predicted molar refractivity (Wildman–Crippen MR) is 90.6 cm³/mol. The van der Waals surface area contributed by atoms with E-state index >= 15 is 0 Å². The second kappa shape index (κ2) is 7.05. The monoisotopic (exact) mass is 311 g/mol. The number of rotatable bonds is 4. The summed E-state index contributed by atoms with van der Waals surface area (Å²) in [7, 11) is 1.77. The molecule has 2 rings (SSSR count). The van der Waals surface area contributed by atoms with Crippen LogP contribution in [0.15, 0.2) is 42.7 Å². The first-order chi connectivity index (χ1) is 10.9. The van der Waals surface area contributed by atoms with Crippen LogP contribution in [0, 0.1) is 6.92 Å². The molecule has 1 aromatic carbocycles. The maximum Gasteiger partial charge on any atom is 0.257 e. The Bertz CT molecular complexity index is 711. The smallest absolute Gasteiger partial charge is 0.257 e. The number of hydrogen-bond donors (Lipinski definition) is 1. The Kier molecular flexibility index (Phi) is 5.11. The van der Waals surface area contributed by atoms with Crippen LogP contribution in [0.4, 0.5) is 5.69 Å². The van der Waals surface area contributed by atoms with Crippen molar-refractivity contribution in [3.63, 3.8) is 0 Å². The lowest BCUT2D eigenvalue weighted by molar-refractivity contribution is 0.0754. The summed E-state index contributed by atoms with van der Waals surface area (Å²) in [5.74, 6) is -0.312. The van der Waals surface area contributed by atoms with Crippen molar-refractivity contribution in [3.8, 4) is 0 Å². The first-order valence-electron chi connectivity index (χ1n) is 7.49. The van der Waals surface area contributed by atoms with Crippen LogP contribution in [0.5, 0.6) is 0 Å². The van der Waals surface area contributed by atoms with Gasteiger partial charge in [0.1, 0.15) is 0 Å². The van der Waals surface area contributed by atoms with E-state index in [2.05, 4.69) is 10.3 Å². The minimum Gasteiger partial charge on any atom is -0.339 e. The van der Waals surface area contributed by atoms with Crippen LogP contribution < -0.4 is 5.32 Å². The van der Waals surface area contributed by atoms with Gasteiger partial charge in [-0.2, -0.15) is 0 Å². The Hall–Kier alpha value is -2.69. The normalized spacial score (nSPS) is 10.5. The third kappa shape index (κ3) is 3.94. The molecule has 23 heavy (non-hydrogen) atoms. The number of pyridine rings is 1. The second-order valence-corrected chi connectivity index (χ2v) is 5.74. The number of aryl methyl sites for hydroxylation is 1. The fraction of sp³-hybridized carbons (Fsp3) is 0.278. The summed E-state index contributed by atoms with van der Waals surface area (Å²) in [4.78, 5) is 30.3. The van der Waals surface area contributed by atoms with Crippen molar-refractivity contribution in [1.29, 1.82) is 0 Å². The second-order valence-electron chi connectivity index (χ2n) is 5.74. The molecule has 2 amide bonds. The summed E-state index contributed by atoms with van der Waals surface area (Å²) in [6.07, 6.45) is 3.11. The van der Waals surface area contributed by atoms with Gasteiger partial charge in [0.25, 0.3) is 11.8 Å². The number of carbonyl (C=O) groups is 2. The Balaban J connectivity index is 2.24. The van der Waals surface area contributed by atoms with Crippen LogP contribution >= 0.6 is 0 Å². The van der Waals surface area contributed by atoms with E-state index in [-0.39, 0.29) is 17.9 Å². The fourth-order valence-corrected chi connectivity index (χ4v) is 2.06. The third-order valence-corrected chi connectivity index (χ3v) is 3.74. The highest BCUT2D eigenvalue weighted by Crippen LogP contribution is 2.18. The summed E-state index contributed by atoms with van der Waals surface area (Å²) >= 11 is 0. The van der Waals surface area contributed by atoms with Gasteiger partial charge in [0.2, 0.25) is 0 Å². The van der Waals surface area contributed by atoms with Crippen molar-refractivity contribution >= 4 is 17.5 Å². The van der Waals surface area contributed by atoms with Crippen molar-refractivity contribution in [2.75, 3.05) is 12.4 Å². The number of nitrogens with one attached hydrogen (secondary N) is 1. The molecule has 2 aromatic rings. The zero-order valence-corrected chi connectivity index (χ0v) is 13.8. The maximum absolute atomic E-state index is 12.5. The molecule has 5 heteroatoms. The SMILES string of the molecule is Cc1ccc(NC(=O)c2cccnc2)cc1C(=O)N(C)C(C)C. The highest BCUT2D eigenvalue weighted by Gasteiger charge is 2.17. The van der Waals surface area contributed by atoms with Crippen molar-refractivity contribution in [1.82, 2.24) is 9.88 Å². The van der Waals surface area contributed by atoms with Gasteiger partial charge >= 0.3 is 0 Å². The number of amides is 2. The molecule has 0 aliphatic heterocycles. The lowest BCUT2D eigenvalue weighted by Gasteiger charge is -2.22. The highest BCUT2D eigenvalue weighted by molar-refractivity contribution is 6.05. The standard InChI is InChI=1S/C18H21N3O2/c1-12(2)21(4)18(23)16-10-15(8-7-13(16)3)20-17(22)14-6-5-9-19-11-14/h5-12H,1-4H3,(H,20,22). The van der Waals surface area contributed by atoms with Crippen LogP contribution in [0.2, 0.25) is 0 Å². The molecule has 5 nitrogen and oxygen atoms in total. The van der Waals surface area contributed by atoms with E-state index in [1.165, 1.54) is 6.20 Å². The zero-order chi connectivity index (χ0) is 17.0. The van der Waals surface area contributed by atoms with E-state index in [1.54, 1.807) is 42.4 Å². The molecule has 1 aromatic heterocycles. The zero-order valence-electron chi connectivity index (χ0n) is 13.8. The van der Waals surface area contributed by atoms with Crippen molar-refractivity contribution in [3.05, 3.63) is 59.4 Å². The molecular weight excluding hydrogens is 290 g/mol. The first kappa shape index (κ1) is 16.7. The van der Waals surface area contributed by atoms with Crippen molar-refractivity contribution in [2.45, 2.75) is 26.8 Å². The number of benzene rings is 1. The van der Waals surface area contributed by atoms with Gasteiger partial charge in [0.05, 0.1) is 5.56 Å². The molecule has 0 atom stereocenters. The minimum absolute atomic E-state index is 0.0602. The Morgan fingerprint density at radius 3 is 2.57 bits per heavy atom. The molecule has 120 valence electrons. The molecule has 0 radical (unpaired) electrons. The molecule has 0 fully saturated rings. The Labute approximate surface area is 136 Å². The van der Waals surface area contributed by atoms with Gasteiger partial charge < -0.3 is 10.2 Å². The van der Waals surface area contributed by atoms with Crippen LogP contribution in [-0.2, 0) is 0 Å². The van der Waals surface area contributed by atoms with E-state index in [1.807, 2.05) is 26.8 Å². The summed E-state index contributed by atoms with van der Waals surface area (Å²) in [5, 5.41) is 2.80. The molecule has 1 heterocycles. The summed E-state index contributed by atoms with van der Waals surface area (Å²) in [6, 6.07) is 8.84. The Morgan fingerprint density at radius 1 is 1.22 bits per heavy atom. The fourth-order valence-electron chi connectivity index (χ4n) is 2.06. The van der Waals surface area contributed by atoms with Gasteiger partial charge in [-0.05, 0) is 50.6 Å². The molecular formula is C18H21N3O2. The van der Waals surface area contributed by atoms with Gasteiger partial charge in [-0.3, -0.25) is 14.6 Å². The van der Waals surface area contributed by atoms with E-state index in [0.717, 1.165) is 5.56 Å². The average Bonchev–Trinajstić information content (AvgIpc) is 2.55. The van der Waals surface area contributed by atoms with Crippen molar-refractivity contribution in [2.24, 2.45) is 0 Å². The number of aromatic nitrogens is 1. The quantitative estimate of drug-likeness (QED) is 0.943.